The molecule has 3 aromatic rings. The first kappa shape index (κ1) is 26.3. The van der Waals surface area contributed by atoms with Crippen LogP contribution in [0.2, 0.25) is 0 Å². The normalized spacial score (nSPS) is 11.6. The lowest BCUT2D eigenvalue weighted by Crippen LogP contribution is -2.43. The molecule has 2 N–H and O–H groups in total. The molecule has 8 heteroatoms. The van der Waals surface area contributed by atoms with Gasteiger partial charge in [0.1, 0.15) is 18.4 Å². The van der Waals surface area contributed by atoms with Crippen molar-refractivity contribution >= 4 is 18.0 Å². The fraction of sp³-hybridized carbons (Fsp3) is 0.250. The number of carbonyl (C=O) groups is 2. The SMILES string of the molecule is COc1ccc(CC(=O)NC(C)C(=O)NN=Cc2ccc(OCc3cccc(C)c3)c(OC)c2)cc1. The van der Waals surface area contributed by atoms with Crippen LogP contribution in [0.25, 0.3) is 0 Å². The quantitative estimate of drug-likeness (QED) is 0.316. The van der Waals surface area contributed by atoms with E-state index in [9.17, 15) is 9.59 Å². The summed E-state index contributed by atoms with van der Waals surface area (Å²) < 4.78 is 16.5. The van der Waals surface area contributed by atoms with E-state index in [2.05, 4.69) is 21.9 Å². The predicted molar refractivity (Wildman–Crippen MR) is 139 cm³/mol. The van der Waals surface area contributed by atoms with Gasteiger partial charge in [0.05, 0.1) is 26.9 Å². The van der Waals surface area contributed by atoms with Crippen molar-refractivity contribution in [2.45, 2.75) is 32.9 Å². The van der Waals surface area contributed by atoms with Gasteiger partial charge in [0.25, 0.3) is 5.91 Å². The van der Waals surface area contributed by atoms with Crippen molar-refractivity contribution in [2.75, 3.05) is 14.2 Å². The Morgan fingerprint density at radius 3 is 2.42 bits per heavy atom. The molecule has 0 fully saturated rings. The number of hydrazone groups is 1. The van der Waals surface area contributed by atoms with Crippen LogP contribution in [0.3, 0.4) is 0 Å². The summed E-state index contributed by atoms with van der Waals surface area (Å²) >= 11 is 0. The maximum Gasteiger partial charge on any atom is 0.262 e. The molecule has 0 aliphatic rings. The summed E-state index contributed by atoms with van der Waals surface area (Å²) in [6, 6.07) is 19.9. The third-order valence-corrected chi connectivity index (χ3v) is 5.35. The summed E-state index contributed by atoms with van der Waals surface area (Å²) in [5.74, 6) is 1.18. The third kappa shape index (κ3) is 7.87. The molecule has 3 aromatic carbocycles. The van der Waals surface area contributed by atoms with Crippen LogP contribution >= 0.6 is 0 Å². The zero-order chi connectivity index (χ0) is 25.9. The minimum atomic E-state index is -0.750. The summed E-state index contributed by atoms with van der Waals surface area (Å²) in [4.78, 5) is 24.6. The average molecular weight is 490 g/mol. The molecule has 0 bridgehead atoms. The lowest BCUT2D eigenvalue weighted by Gasteiger charge is -2.13. The molecule has 2 amide bonds. The van der Waals surface area contributed by atoms with Crippen LogP contribution in [0.1, 0.15) is 29.2 Å². The Bertz CT molecular complexity index is 1210. The molecule has 0 spiro atoms. The molecule has 0 saturated heterocycles. The van der Waals surface area contributed by atoms with Crippen LogP contribution in [0.15, 0.2) is 71.8 Å². The van der Waals surface area contributed by atoms with Crippen LogP contribution in [0.5, 0.6) is 17.2 Å². The van der Waals surface area contributed by atoms with Crippen molar-refractivity contribution in [3.05, 3.63) is 89.0 Å². The highest BCUT2D eigenvalue weighted by molar-refractivity contribution is 5.89. The van der Waals surface area contributed by atoms with Crippen molar-refractivity contribution in [1.82, 2.24) is 10.7 Å². The number of carbonyl (C=O) groups excluding carboxylic acids is 2. The Morgan fingerprint density at radius 2 is 1.72 bits per heavy atom. The Kier molecular flexibility index (Phi) is 9.45. The molecular formula is C28H31N3O5. The molecule has 0 radical (unpaired) electrons. The highest BCUT2D eigenvalue weighted by Crippen LogP contribution is 2.28. The van der Waals surface area contributed by atoms with Crippen LogP contribution in [0, 0.1) is 6.92 Å². The Labute approximate surface area is 211 Å². The van der Waals surface area contributed by atoms with Crippen molar-refractivity contribution in [3.63, 3.8) is 0 Å². The lowest BCUT2D eigenvalue weighted by molar-refractivity contribution is -0.128. The molecule has 1 unspecified atom stereocenters. The number of methoxy groups -OCH3 is 2. The Balaban J connectivity index is 1.49. The lowest BCUT2D eigenvalue weighted by atomic mass is 10.1. The van der Waals surface area contributed by atoms with E-state index in [1.54, 1.807) is 57.5 Å². The Morgan fingerprint density at radius 1 is 0.944 bits per heavy atom. The Hall–Kier alpha value is -4.33. The minimum absolute atomic E-state index is 0.156. The number of benzene rings is 3. The fourth-order valence-electron chi connectivity index (χ4n) is 3.40. The second-order valence-electron chi connectivity index (χ2n) is 8.24. The number of ether oxygens (including phenoxy) is 3. The number of aryl methyl sites for hydroxylation is 1. The number of amides is 2. The van der Waals surface area contributed by atoms with E-state index in [1.165, 1.54) is 11.8 Å². The molecule has 36 heavy (non-hydrogen) atoms. The summed E-state index contributed by atoms with van der Waals surface area (Å²) in [5, 5.41) is 6.66. The van der Waals surface area contributed by atoms with E-state index < -0.39 is 11.9 Å². The molecule has 0 aromatic heterocycles. The number of hydrogen-bond donors (Lipinski definition) is 2. The van der Waals surface area contributed by atoms with Crippen LogP contribution in [0.4, 0.5) is 0 Å². The van der Waals surface area contributed by atoms with Crippen LogP contribution in [-0.2, 0) is 22.6 Å². The topological polar surface area (TPSA) is 98.2 Å². The molecule has 188 valence electrons. The monoisotopic (exact) mass is 489 g/mol. The molecule has 0 heterocycles. The highest BCUT2D eigenvalue weighted by atomic mass is 16.5. The molecule has 3 rings (SSSR count). The van der Waals surface area contributed by atoms with Gasteiger partial charge in [-0.15, -0.1) is 0 Å². The van der Waals surface area contributed by atoms with Gasteiger partial charge >= 0.3 is 0 Å². The predicted octanol–water partition coefficient (Wildman–Crippen LogP) is 3.79. The second kappa shape index (κ2) is 12.9. The number of nitrogens with zero attached hydrogens (tertiary/aromatic N) is 1. The van der Waals surface area contributed by atoms with Gasteiger partial charge in [-0.05, 0) is 60.9 Å². The van der Waals surface area contributed by atoms with E-state index >= 15 is 0 Å². The number of hydrogen-bond acceptors (Lipinski definition) is 6. The van der Waals surface area contributed by atoms with E-state index in [0.29, 0.717) is 29.4 Å². The third-order valence-electron chi connectivity index (χ3n) is 5.35. The van der Waals surface area contributed by atoms with Crippen molar-refractivity contribution in [1.29, 1.82) is 0 Å². The average Bonchev–Trinajstić information content (AvgIpc) is 2.88. The largest absolute Gasteiger partial charge is 0.497 e. The van der Waals surface area contributed by atoms with Crippen LogP contribution in [-0.4, -0.2) is 38.3 Å². The highest BCUT2D eigenvalue weighted by Gasteiger charge is 2.15. The summed E-state index contributed by atoms with van der Waals surface area (Å²) in [7, 11) is 3.14. The summed E-state index contributed by atoms with van der Waals surface area (Å²) in [6.07, 6.45) is 1.65. The van der Waals surface area contributed by atoms with Gasteiger partial charge in [-0.2, -0.15) is 5.10 Å². The molecule has 0 aliphatic heterocycles. The fourth-order valence-corrected chi connectivity index (χ4v) is 3.40. The van der Waals surface area contributed by atoms with E-state index in [-0.39, 0.29) is 12.3 Å². The standard InChI is InChI=1S/C28H31N3O5/c1-19-6-5-7-23(14-19)18-36-25-13-10-22(15-26(25)35-4)17-29-31-28(33)20(2)30-27(32)16-21-8-11-24(34-3)12-9-21/h5-15,17,20H,16,18H2,1-4H3,(H,30,32)(H,31,33). The zero-order valence-corrected chi connectivity index (χ0v) is 20.9. The van der Waals surface area contributed by atoms with Gasteiger partial charge in [0.15, 0.2) is 11.5 Å². The van der Waals surface area contributed by atoms with E-state index in [4.69, 9.17) is 14.2 Å². The maximum atomic E-state index is 12.3. The first-order valence-electron chi connectivity index (χ1n) is 11.5. The number of rotatable bonds is 11. The summed E-state index contributed by atoms with van der Waals surface area (Å²) in [6.45, 7) is 4.05. The first-order valence-corrected chi connectivity index (χ1v) is 11.5. The van der Waals surface area contributed by atoms with Gasteiger partial charge in [0.2, 0.25) is 5.91 Å². The molecule has 0 saturated carbocycles. The summed E-state index contributed by atoms with van der Waals surface area (Å²) in [5.41, 5.74) is 6.21. The van der Waals surface area contributed by atoms with E-state index in [1.807, 2.05) is 31.2 Å². The first-order chi connectivity index (χ1) is 17.4. The van der Waals surface area contributed by atoms with Crippen molar-refractivity contribution < 1.29 is 23.8 Å². The smallest absolute Gasteiger partial charge is 0.262 e. The number of nitrogens with one attached hydrogen (secondary N) is 2. The van der Waals surface area contributed by atoms with Crippen LogP contribution < -0.4 is 25.0 Å². The molecule has 1 atom stereocenters. The molecular weight excluding hydrogens is 458 g/mol. The minimum Gasteiger partial charge on any atom is -0.497 e. The second-order valence-corrected chi connectivity index (χ2v) is 8.24. The van der Waals surface area contributed by atoms with Crippen molar-refractivity contribution in [2.24, 2.45) is 5.10 Å². The van der Waals surface area contributed by atoms with Gasteiger partial charge in [0, 0.05) is 0 Å². The van der Waals surface area contributed by atoms with Crippen molar-refractivity contribution in [3.8, 4) is 17.2 Å². The molecule has 8 nitrogen and oxygen atoms in total. The maximum absolute atomic E-state index is 12.3. The van der Waals surface area contributed by atoms with Gasteiger partial charge in [-0.1, -0.05) is 42.0 Å². The van der Waals surface area contributed by atoms with Gasteiger partial charge in [-0.3, -0.25) is 9.59 Å². The van der Waals surface area contributed by atoms with Gasteiger partial charge < -0.3 is 19.5 Å². The van der Waals surface area contributed by atoms with E-state index in [0.717, 1.165) is 11.1 Å². The zero-order valence-electron chi connectivity index (χ0n) is 20.9. The van der Waals surface area contributed by atoms with Gasteiger partial charge in [-0.25, -0.2) is 5.43 Å². The molecule has 0 aliphatic carbocycles.